The van der Waals surface area contributed by atoms with Gasteiger partial charge in [-0.1, -0.05) is 20.8 Å². The van der Waals surface area contributed by atoms with E-state index in [4.69, 9.17) is 4.74 Å². The Morgan fingerprint density at radius 2 is 1.92 bits per heavy atom. The Kier molecular flexibility index (Phi) is 10.0. The summed E-state index contributed by atoms with van der Waals surface area (Å²) in [7, 11) is 0. The summed E-state index contributed by atoms with van der Waals surface area (Å²) >= 11 is 0. The van der Waals surface area contributed by atoms with Gasteiger partial charge in [0.1, 0.15) is 6.61 Å². The second-order valence-corrected chi connectivity index (χ2v) is 3.58. The van der Waals surface area contributed by atoms with E-state index < -0.39 is 0 Å². The van der Waals surface area contributed by atoms with Gasteiger partial charge in [0, 0.05) is 0 Å². The summed E-state index contributed by atoms with van der Waals surface area (Å²) in [5, 5.41) is 0. The molecule has 0 atom stereocenters. The van der Waals surface area contributed by atoms with E-state index in [2.05, 4.69) is 25.5 Å². The van der Waals surface area contributed by atoms with Crippen LogP contribution in [0.3, 0.4) is 0 Å². The fraction of sp³-hybridized carbons (Fsp3) is 0.875. The Morgan fingerprint density at radius 3 is 2.33 bits per heavy atom. The Balaban J connectivity index is -0.000000500. The molecular formula is C8H17NaO3. The van der Waals surface area contributed by atoms with Gasteiger partial charge < -0.3 is 10.9 Å². The van der Waals surface area contributed by atoms with Crippen LogP contribution in [0.5, 0.6) is 0 Å². The maximum absolute atomic E-state index is 9.69. The van der Waals surface area contributed by atoms with Crippen LogP contribution >= 0.6 is 0 Å². The predicted molar refractivity (Wildman–Crippen MR) is 43.4 cm³/mol. The minimum Gasteiger partial charge on any atom is -1.00 e. The van der Waals surface area contributed by atoms with Crippen molar-refractivity contribution in [3.63, 3.8) is 0 Å². The predicted octanol–water partition coefficient (Wildman–Crippen LogP) is -1.66. The largest absolute Gasteiger partial charge is 1.00 e. The minimum atomic E-state index is 0. The molecule has 0 rings (SSSR count). The molecule has 12 heavy (non-hydrogen) atoms. The van der Waals surface area contributed by atoms with Crippen molar-refractivity contribution in [1.29, 1.82) is 0 Å². The zero-order valence-corrected chi connectivity index (χ0v) is 10.4. The van der Waals surface area contributed by atoms with E-state index >= 15 is 0 Å². The van der Waals surface area contributed by atoms with E-state index in [0.717, 1.165) is 0 Å². The van der Waals surface area contributed by atoms with Gasteiger partial charge in [-0.25, -0.2) is 0 Å². The Hall–Kier alpha value is 0.430. The molecule has 0 aromatic rings. The van der Waals surface area contributed by atoms with Gasteiger partial charge in [-0.05, 0) is 5.41 Å². The van der Waals surface area contributed by atoms with Crippen LogP contribution < -0.4 is 29.6 Å². The number of rotatable bonds is 5. The SMILES string of the molecule is CC(C)(C)COCCOC=O.[H-].[Na+]. The van der Waals surface area contributed by atoms with Crippen LogP contribution in [-0.4, -0.2) is 26.3 Å². The number of carbonyl (C=O) groups excluding carboxylic acids is 1. The van der Waals surface area contributed by atoms with Gasteiger partial charge in [-0.3, -0.25) is 4.79 Å². The van der Waals surface area contributed by atoms with Crippen LogP contribution in [0, 0.1) is 5.41 Å². The molecule has 68 valence electrons. The van der Waals surface area contributed by atoms with Crippen LogP contribution in [0.1, 0.15) is 22.2 Å². The molecule has 0 aliphatic carbocycles. The molecule has 0 fully saturated rings. The number of hydrogen-bond donors (Lipinski definition) is 0. The van der Waals surface area contributed by atoms with Gasteiger partial charge in [0.05, 0.1) is 13.2 Å². The molecule has 0 spiro atoms. The summed E-state index contributed by atoms with van der Waals surface area (Å²) < 4.78 is 9.66. The van der Waals surface area contributed by atoms with Crippen molar-refractivity contribution in [2.24, 2.45) is 5.41 Å². The molecule has 0 aromatic carbocycles. The first-order valence-electron chi connectivity index (χ1n) is 3.69. The van der Waals surface area contributed by atoms with Gasteiger partial charge in [0.15, 0.2) is 0 Å². The van der Waals surface area contributed by atoms with E-state index in [-0.39, 0.29) is 36.4 Å². The van der Waals surface area contributed by atoms with Crippen molar-refractivity contribution >= 4 is 6.47 Å². The summed E-state index contributed by atoms with van der Waals surface area (Å²) in [6.07, 6.45) is 0. The molecule has 0 aromatic heterocycles. The summed E-state index contributed by atoms with van der Waals surface area (Å²) in [5.74, 6) is 0. The zero-order chi connectivity index (χ0) is 8.74. The minimum absolute atomic E-state index is 0. The molecule has 0 saturated carbocycles. The quantitative estimate of drug-likeness (QED) is 0.291. The van der Waals surface area contributed by atoms with E-state index in [0.29, 0.717) is 26.3 Å². The third-order valence-electron chi connectivity index (χ3n) is 0.949. The second kappa shape index (κ2) is 8.05. The maximum atomic E-state index is 9.69. The molecule has 0 aliphatic heterocycles. The fourth-order valence-electron chi connectivity index (χ4n) is 0.534. The summed E-state index contributed by atoms with van der Waals surface area (Å²) in [6, 6.07) is 0. The molecular weight excluding hydrogens is 167 g/mol. The van der Waals surface area contributed by atoms with Gasteiger partial charge >= 0.3 is 29.6 Å². The van der Waals surface area contributed by atoms with E-state index in [1.165, 1.54) is 0 Å². The summed E-state index contributed by atoms with van der Waals surface area (Å²) in [4.78, 5) is 9.69. The molecule has 0 N–H and O–H groups in total. The zero-order valence-electron chi connectivity index (χ0n) is 9.42. The summed E-state index contributed by atoms with van der Waals surface area (Å²) in [6.45, 7) is 8.22. The normalized spacial score (nSPS) is 10.2. The first kappa shape index (κ1) is 14.9. The monoisotopic (exact) mass is 184 g/mol. The molecule has 0 aliphatic rings. The first-order valence-corrected chi connectivity index (χ1v) is 3.69. The molecule has 0 bridgehead atoms. The van der Waals surface area contributed by atoms with Gasteiger partial charge in [0.25, 0.3) is 6.47 Å². The second-order valence-electron chi connectivity index (χ2n) is 3.58. The van der Waals surface area contributed by atoms with Gasteiger partial charge in [0.2, 0.25) is 0 Å². The Morgan fingerprint density at radius 1 is 1.33 bits per heavy atom. The first-order chi connectivity index (χ1) is 5.06. The topological polar surface area (TPSA) is 35.5 Å². The molecule has 0 amide bonds. The van der Waals surface area contributed by atoms with Crippen molar-refractivity contribution in [3.8, 4) is 0 Å². The standard InChI is InChI=1S/C8H16O3.Na.H/c1-8(2,3)6-10-4-5-11-7-9;;/h7H,4-6H2,1-3H3;;/q;+1;-1. The van der Waals surface area contributed by atoms with Gasteiger partial charge in [-0.15, -0.1) is 0 Å². The third-order valence-corrected chi connectivity index (χ3v) is 0.949. The van der Waals surface area contributed by atoms with Crippen molar-refractivity contribution < 1.29 is 45.3 Å². The smallest absolute Gasteiger partial charge is 1.00 e. The van der Waals surface area contributed by atoms with Crippen LogP contribution in [0.2, 0.25) is 0 Å². The van der Waals surface area contributed by atoms with E-state index in [9.17, 15) is 4.79 Å². The molecule has 0 unspecified atom stereocenters. The summed E-state index contributed by atoms with van der Waals surface area (Å²) in [5.41, 5.74) is 0.182. The number of hydrogen-bond acceptors (Lipinski definition) is 3. The van der Waals surface area contributed by atoms with E-state index in [1.807, 2.05) is 0 Å². The molecule has 3 nitrogen and oxygen atoms in total. The number of ether oxygens (including phenoxy) is 2. The number of carbonyl (C=O) groups is 1. The molecule has 0 radical (unpaired) electrons. The van der Waals surface area contributed by atoms with Crippen molar-refractivity contribution in [3.05, 3.63) is 0 Å². The average molecular weight is 184 g/mol. The van der Waals surface area contributed by atoms with Crippen molar-refractivity contribution in [2.75, 3.05) is 19.8 Å². The van der Waals surface area contributed by atoms with Crippen LogP contribution in [-0.2, 0) is 14.3 Å². The Labute approximate surface area is 97.6 Å². The van der Waals surface area contributed by atoms with Crippen molar-refractivity contribution in [1.82, 2.24) is 0 Å². The van der Waals surface area contributed by atoms with Gasteiger partial charge in [-0.2, -0.15) is 0 Å². The van der Waals surface area contributed by atoms with E-state index in [1.54, 1.807) is 0 Å². The van der Waals surface area contributed by atoms with Crippen LogP contribution in [0.25, 0.3) is 0 Å². The molecule has 0 saturated heterocycles. The maximum Gasteiger partial charge on any atom is 1.00 e. The van der Waals surface area contributed by atoms with Crippen molar-refractivity contribution in [2.45, 2.75) is 20.8 Å². The fourth-order valence-corrected chi connectivity index (χ4v) is 0.534. The van der Waals surface area contributed by atoms with Crippen LogP contribution in [0.15, 0.2) is 0 Å². The third kappa shape index (κ3) is 13.1. The Bertz CT molecular complexity index is 114. The van der Waals surface area contributed by atoms with Crippen LogP contribution in [0.4, 0.5) is 0 Å². The molecule has 4 heteroatoms. The molecule has 0 heterocycles. The average Bonchev–Trinajstić information content (AvgIpc) is 1.85.